The lowest BCUT2D eigenvalue weighted by atomic mass is 10.1. The summed E-state index contributed by atoms with van der Waals surface area (Å²) in [4.78, 5) is 25.3. The van der Waals surface area contributed by atoms with Crippen LogP contribution in [0.15, 0.2) is 38.3 Å². The van der Waals surface area contributed by atoms with Gasteiger partial charge in [-0.15, -0.1) is 0 Å². The van der Waals surface area contributed by atoms with Gasteiger partial charge in [0, 0.05) is 6.07 Å². The average molecular weight is 314 g/mol. The van der Waals surface area contributed by atoms with Crippen LogP contribution < -0.4 is 20.5 Å². The van der Waals surface area contributed by atoms with E-state index in [-0.39, 0.29) is 33.2 Å². The lowest BCUT2D eigenvalue weighted by molar-refractivity contribution is 0.397. The van der Waals surface area contributed by atoms with E-state index in [2.05, 4.69) is 0 Å². The van der Waals surface area contributed by atoms with E-state index < -0.39 is 11.1 Å². The molecule has 1 heterocycles. The van der Waals surface area contributed by atoms with Gasteiger partial charge in [0.1, 0.15) is 28.2 Å². The number of hydrogen-bond donors (Lipinski definition) is 1. The van der Waals surface area contributed by atoms with Gasteiger partial charge in [-0.3, -0.25) is 4.79 Å². The highest BCUT2D eigenvalue weighted by atomic mass is 16.5. The van der Waals surface area contributed by atoms with Crippen LogP contribution in [0.2, 0.25) is 0 Å². The molecule has 1 N–H and O–H groups in total. The molecule has 6 nitrogen and oxygen atoms in total. The highest BCUT2D eigenvalue weighted by Crippen LogP contribution is 2.30. The molecule has 0 saturated heterocycles. The summed E-state index contributed by atoms with van der Waals surface area (Å²) >= 11 is 0. The fourth-order valence-corrected chi connectivity index (χ4v) is 2.59. The molecule has 0 bridgehead atoms. The number of benzene rings is 2. The van der Waals surface area contributed by atoms with Gasteiger partial charge in [-0.25, -0.2) is 4.79 Å². The van der Waals surface area contributed by atoms with E-state index in [0.29, 0.717) is 11.3 Å². The lowest BCUT2D eigenvalue weighted by Gasteiger charge is -2.05. The summed E-state index contributed by atoms with van der Waals surface area (Å²) in [6.45, 7) is 1.72. The molecular weight excluding hydrogens is 300 g/mol. The van der Waals surface area contributed by atoms with Gasteiger partial charge >= 0.3 is 5.63 Å². The van der Waals surface area contributed by atoms with Crippen molar-refractivity contribution >= 4 is 21.7 Å². The van der Waals surface area contributed by atoms with Crippen LogP contribution in [0, 0.1) is 6.92 Å². The maximum absolute atomic E-state index is 12.9. The molecule has 0 spiro atoms. The zero-order valence-corrected chi connectivity index (χ0v) is 12.8. The largest absolute Gasteiger partial charge is 0.507 e. The summed E-state index contributed by atoms with van der Waals surface area (Å²) in [7, 11) is 2.82. The second kappa shape index (κ2) is 5.31. The number of aryl methyl sites for hydroxylation is 1. The third-order valence-corrected chi connectivity index (χ3v) is 3.63. The maximum Gasteiger partial charge on any atom is 0.344 e. The fourth-order valence-electron chi connectivity index (χ4n) is 2.59. The van der Waals surface area contributed by atoms with Gasteiger partial charge in [-0.05, 0) is 30.7 Å². The molecule has 1 aromatic heterocycles. The number of ether oxygens (including phenoxy) is 2. The summed E-state index contributed by atoms with van der Waals surface area (Å²) < 4.78 is 15.6. The molecule has 0 unspecified atom stereocenters. The van der Waals surface area contributed by atoms with Crippen molar-refractivity contribution < 1.29 is 19.0 Å². The van der Waals surface area contributed by atoms with Crippen LogP contribution in [0.25, 0.3) is 21.7 Å². The van der Waals surface area contributed by atoms with Crippen LogP contribution in [0.3, 0.4) is 0 Å². The first-order valence-electron chi connectivity index (χ1n) is 6.82. The second-order valence-electron chi connectivity index (χ2n) is 5.13. The van der Waals surface area contributed by atoms with Crippen LogP contribution >= 0.6 is 0 Å². The summed E-state index contributed by atoms with van der Waals surface area (Å²) in [6, 6.07) is 5.88. The zero-order chi connectivity index (χ0) is 16.7. The lowest BCUT2D eigenvalue weighted by Crippen LogP contribution is -2.04. The van der Waals surface area contributed by atoms with Crippen LogP contribution in [0.5, 0.6) is 17.2 Å². The van der Waals surface area contributed by atoms with E-state index in [1.807, 2.05) is 0 Å². The molecule has 0 atom stereocenters. The number of methoxy groups -OCH3 is 2. The molecule has 0 aliphatic rings. The number of phenols is 1. The second-order valence-corrected chi connectivity index (χ2v) is 5.13. The minimum atomic E-state index is -0.714. The van der Waals surface area contributed by atoms with Crippen molar-refractivity contribution in [1.29, 1.82) is 0 Å². The van der Waals surface area contributed by atoms with E-state index in [0.717, 1.165) is 0 Å². The highest BCUT2D eigenvalue weighted by molar-refractivity contribution is 5.96. The minimum Gasteiger partial charge on any atom is -0.507 e. The normalized spacial score (nSPS) is 10.9. The standard InChI is InChI=1S/C17H14O6/c1-8-4-11(18)15-13(5-8)23-17(20)10-6-9(21-2)7-12(22-3)14(10)16(15)19/h4-7,18H,1-3H3. The van der Waals surface area contributed by atoms with E-state index >= 15 is 0 Å². The number of hydrogen-bond acceptors (Lipinski definition) is 6. The van der Waals surface area contributed by atoms with Crippen LogP contribution in [0.4, 0.5) is 0 Å². The molecule has 0 amide bonds. The molecule has 23 heavy (non-hydrogen) atoms. The van der Waals surface area contributed by atoms with Crippen molar-refractivity contribution in [3.05, 3.63) is 50.5 Å². The maximum atomic E-state index is 12.9. The van der Waals surface area contributed by atoms with E-state index in [1.54, 1.807) is 6.92 Å². The third kappa shape index (κ3) is 2.28. The van der Waals surface area contributed by atoms with Gasteiger partial charge < -0.3 is 19.0 Å². The Labute approximate surface area is 130 Å². The number of rotatable bonds is 2. The highest BCUT2D eigenvalue weighted by Gasteiger charge is 2.17. The minimum absolute atomic E-state index is 0.0229. The molecule has 118 valence electrons. The van der Waals surface area contributed by atoms with E-state index in [9.17, 15) is 14.7 Å². The Morgan fingerprint density at radius 3 is 2.39 bits per heavy atom. The van der Waals surface area contributed by atoms with Gasteiger partial charge in [0.05, 0.1) is 25.0 Å². The first kappa shape index (κ1) is 14.9. The number of aromatic hydroxyl groups is 1. The molecule has 0 saturated carbocycles. The molecule has 0 radical (unpaired) electrons. The molecule has 0 aliphatic carbocycles. The Morgan fingerprint density at radius 2 is 1.74 bits per heavy atom. The van der Waals surface area contributed by atoms with Gasteiger partial charge in [0.2, 0.25) is 5.43 Å². The monoisotopic (exact) mass is 314 g/mol. The first-order chi connectivity index (χ1) is 11.0. The zero-order valence-electron chi connectivity index (χ0n) is 12.8. The summed E-state index contributed by atoms with van der Waals surface area (Å²) in [6.07, 6.45) is 0. The average Bonchev–Trinajstić information content (AvgIpc) is 2.61. The van der Waals surface area contributed by atoms with Crippen molar-refractivity contribution in [3.63, 3.8) is 0 Å². The quantitative estimate of drug-likeness (QED) is 0.781. The summed E-state index contributed by atoms with van der Waals surface area (Å²) in [5.74, 6) is 0.286. The Bertz CT molecular complexity index is 1050. The predicted molar refractivity (Wildman–Crippen MR) is 85.8 cm³/mol. The fraction of sp³-hybridized carbons (Fsp3) is 0.176. The van der Waals surface area contributed by atoms with Gasteiger partial charge in [0.25, 0.3) is 0 Å². The summed E-state index contributed by atoms with van der Waals surface area (Å²) in [5, 5.41) is 10.1. The number of fused-ring (bicyclic) bond motifs is 2. The van der Waals surface area contributed by atoms with Crippen molar-refractivity contribution in [2.75, 3.05) is 14.2 Å². The van der Waals surface area contributed by atoms with E-state index in [4.69, 9.17) is 13.9 Å². The smallest absolute Gasteiger partial charge is 0.344 e. The molecule has 6 heteroatoms. The predicted octanol–water partition coefficient (Wildman–Crippen LogP) is 2.34. The third-order valence-electron chi connectivity index (χ3n) is 3.63. The van der Waals surface area contributed by atoms with E-state index in [1.165, 1.54) is 38.5 Å². The van der Waals surface area contributed by atoms with Crippen molar-refractivity contribution in [2.45, 2.75) is 6.92 Å². The number of phenolic OH excluding ortho intramolecular Hbond substituents is 1. The SMILES string of the molecule is COc1cc(OC)c2c(=O)c3c(O)cc(C)cc3oc(=O)c2c1. The molecule has 2 aromatic carbocycles. The first-order valence-corrected chi connectivity index (χ1v) is 6.82. The van der Waals surface area contributed by atoms with Crippen LogP contribution in [-0.4, -0.2) is 19.3 Å². The van der Waals surface area contributed by atoms with Crippen LogP contribution in [0.1, 0.15) is 5.56 Å². The van der Waals surface area contributed by atoms with Crippen molar-refractivity contribution in [1.82, 2.24) is 0 Å². The molecule has 0 fully saturated rings. The molecule has 3 aromatic rings. The molecule has 0 aliphatic heterocycles. The van der Waals surface area contributed by atoms with Crippen molar-refractivity contribution in [2.24, 2.45) is 0 Å². The van der Waals surface area contributed by atoms with Gasteiger partial charge in [-0.2, -0.15) is 0 Å². The van der Waals surface area contributed by atoms with Crippen LogP contribution in [-0.2, 0) is 0 Å². The molecule has 3 rings (SSSR count). The Balaban J connectivity index is 2.71. The molecular formula is C17H14O6. The topological polar surface area (TPSA) is 86.0 Å². The Hall–Kier alpha value is -3.02. The Kier molecular flexibility index (Phi) is 3.44. The summed E-state index contributed by atoms with van der Waals surface area (Å²) in [5.41, 5.74) is -0.570. The van der Waals surface area contributed by atoms with Gasteiger partial charge in [-0.1, -0.05) is 0 Å². The Morgan fingerprint density at radius 1 is 1.00 bits per heavy atom. The van der Waals surface area contributed by atoms with Gasteiger partial charge in [0.15, 0.2) is 0 Å². The van der Waals surface area contributed by atoms with Crippen molar-refractivity contribution in [3.8, 4) is 17.2 Å².